The molecule has 2 N–H and O–H groups in total. The predicted molar refractivity (Wildman–Crippen MR) is 111 cm³/mol. The highest BCUT2D eigenvalue weighted by molar-refractivity contribution is 5.96. The molecular formula is C24H32O3. The van der Waals surface area contributed by atoms with Gasteiger partial charge in [0.15, 0.2) is 5.78 Å². The maximum Gasteiger partial charge on any atom is 0.163 e. The highest BCUT2D eigenvalue weighted by Gasteiger charge is 2.26. The molecule has 0 amide bonds. The first kappa shape index (κ1) is 21.0. The molecule has 2 rings (SSSR count). The van der Waals surface area contributed by atoms with Crippen LogP contribution in [0.1, 0.15) is 80.6 Å². The highest BCUT2D eigenvalue weighted by atomic mass is 16.3. The average molecular weight is 369 g/mol. The summed E-state index contributed by atoms with van der Waals surface area (Å²) in [6, 6.07) is 9.01. The van der Waals surface area contributed by atoms with Crippen LogP contribution in [0.25, 0.3) is 0 Å². The molecule has 3 heteroatoms. The molecule has 0 aromatic heterocycles. The van der Waals surface area contributed by atoms with E-state index in [9.17, 15) is 15.0 Å². The van der Waals surface area contributed by atoms with Gasteiger partial charge in [-0.2, -0.15) is 0 Å². The average Bonchev–Trinajstić information content (AvgIpc) is 2.50. The lowest BCUT2D eigenvalue weighted by atomic mass is 9.78. The number of benzene rings is 2. The second kappa shape index (κ2) is 7.38. The van der Waals surface area contributed by atoms with Crippen LogP contribution in [0.2, 0.25) is 0 Å². The number of aromatic hydroxyl groups is 2. The largest absolute Gasteiger partial charge is 0.508 e. The van der Waals surface area contributed by atoms with Gasteiger partial charge >= 0.3 is 0 Å². The maximum absolute atomic E-state index is 12.6. The van der Waals surface area contributed by atoms with Crippen molar-refractivity contribution in [2.75, 3.05) is 0 Å². The summed E-state index contributed by atoms with van der Waals surface area (Å²) in [6.07, 6.45) is 0.959. The van der Waals surface area contributed by atoms with Gasteiger partial charge in [0.2, 0.25) is 0 Å². The second-order valence-corrected chi connectivity index (χ2v) is 9.52. The van der Waals surface area contributed by atoms with Crippen molar-refractivity contribution in [1.29, 1.82) is 0 Å². The molecule has 2 aromatic rings. The Kier molecular flexibility index (Phi) is 5.74. The van der Waals surface area contributed by atoms with Crippen molar-refractivity contribution < 1.29 is 15.0 Å². The molecule has 0 aliphatic heterocycles. The third-order valence-corrected chi connectivity index (χ3v) is 4.81. The van der Waals surface area contributed by atoms with Gasteiger partial charge in [0.05, 0.1) is 0 Å². The summed E-state index contributed by atoms with van der Waals surface area (Å²) in [5, 5.41) is 20.5. The van der Waals surface area contributed by atoms with Crippen molar-refractivity contribution in [2.24, 2.45) is 0 Å². The quantitative estimate of drug-likeness (QED) is 0.669. The van der Waals surface area contributed by atoms with Gasteiger partial charge in [-0.25, -0.2) is 0 Å². The molecule has 3 nitrogen and oxygen atoms in total. The minimum Gasteiger partial charge on any atom is -0.508 e. The second-order valence-electron chi connectivity index (χ2n) is 9.52. The molecular weight excluding hydrogens is 336 g/mol. The Balaban J connectivity index is 2.34. The molecule has 0 spiro atoms. The van der Waals surface area contributed by atoms with Gasteiger partial charge in [0.1, 0.15) is 11.5 Å². The summed E-state index contributed by atoms with van der Waals surface area (Å²) < 4.78 is 0. The summed E-state index contributed by atoms with van der Waals surface area (Å²) in [5.74, 6) is 0.485. The minimum absolute atomic E-state index is 0.0108. The lowest BCUT2D eigenvalue weighted by Gasteiger charge is -2.28. The number of rotatable bonds is 4. The van der Waals surface area contributed by atoms with Crippen LogP contribution in [-0.2, 0) is 17.3 Å². The van der Waals surface area contributed by atoms with E-state index in [0.717, 1.165) is 22.3 Å². The van der Waals surface area contributed by atoms with Crippen molar-refractivity contribution in [1.82, 2.24) is 0 Å². The van der Waals surface area contributed by atoms with Crippen LogP contribution in [0.15, 0.2) is 30.3 Å². The number of aryl methyl sites for hydroxylation is 2. The number of carbonyl (C=O) groups is 1. The zero-order valence-corrected chi connectivity index (χ0v) is 17.6. The summed E-state index contributed by atoms with van der Waals surface area (Å²) in [7, 11) is 0. The Bertz CT molecular complexity index is 794. The zero-order chi connectivity index (χ0) is 20.6. The van der Waals surface area contributed by atoms with E-state index in [-0.39, 0.29) is 22.4 Å². The Hall–Kier alpha value is -2.29. The first-order chi connectivity index (χ1) is 12.3. The number of ketones is 1. The molecule has 0 bridgehead atoms. The van der Waals surface area contributed by atoms with E-state index in [4.69, 9.17) is 0 Å². The summed E-state index contributed by atoms with van der Waals surface area (Å²) in [5.41, 5.74) is 3.90. The Morgan fingerprint density at radius 3 is 1.81 bits per heavy atom. The van der Waals surface area contributed by atoms with Crippen LogP contribution in [-0.4, -0.2) is 16.0 Å². The fourth-order valence-corrected chi connectivity index (χ4v) is 3.31. The Morgan fingerprint density at radius 1 is 0.852 bits per heavy atom. The summed E-state index contributed by atoms with van der Waals surface area (Å²) in [4.78, 5) is 12.6. The molecule has 0 aliphatic rings. The maximum atomic E-state index is 12.6. The van der Waals surface area contributed by atoms with Crippen molar-refractivity contribution in [3.63, 3.8) is 0 Å². The molecule has 0 heterocycles. The van der Waals surface area contributed by atoms with E-state index >= 15 is 0 Å². The molecule has 0 aliphatic carbocycles. The van der Waals surface area contributed by atoms with Gasteiger partial charge in [-0.05, 0) is 64.6 Å². The zero-order valence-electron chi connectivity index (χ0n) is 17.6. The van der Waals surface area contributed by atoms with Gasteiger partial charge in [-0.3, -0.25) is 4.79 Å². The molecule has 0 fully saturated rings. The summed E-state index contributed by atoms with van der Waals surface area (Å²) >= 11 is 0. The van der Waals surface area contributed by atoms with Crippen molar-refractivity contribution in [2.45, 2.75) is 72.1 Å². The number of hydrogen-bond donors (Lipinski definition) is 2. The number of Topliss-reactive ketones (excluding diaryl/α,β-unsaturated/α-hetero) is 1. The van der Waals surface area contributed by atoms with Crippen LogP contribution < -0.4 is 0 Å². The number of phenolic OH excluding ortho intramolecular Hbond substituents is 2. The summed E-state index contributed by atoms with van der Waals surface area (Å²) in [6.45, 7) is 14.4. The van der Waals surface area contributed by atoms with Crippen LogP contribution in [0.4, 0.5) is 0 Å². The standard InChI is InChI=1S/C24H32O3/c1-15-10-17(14-18(25)11-15)21(26)9-8-16-12-19(23(2,3)4)22(27)20(13-16)24(5,6)7/h10-14,25,27H,8-9H2,1-7H3. The van der Waals surface area contributed by atoms with Crippen molar-refractivity contribution in [3.8, 4) is 11.5 Å². The van der Waals surface area contributed by atoms with Crippen LogP contribution >= 0.6 is 0 Å². The fourth-order valence-electron chi connectivity index (χ4n) is 3.31. The fraction of sp³-hybridized carbons (Fsp3) is 0.458. The number of hydrogen-bond acceptors (Lipinski definition) is 3. The lowest BCUT2D eigenvalue weighted by Crippen LogP contribution is -2.18. The van der Waals surface area contributed by atoms with Crippen molar-refractivity contribution in [3.05, 3.63) is 58.1 Å². The third kappa shape index (κ3) is 5.12. The highest BCUT2D eigenvalue weighted by Crippen LogP contribution is 2.40. The predicted octanol–water partition coefficient (Wildman–Crippen LogP) is 5.82. The first-order valence-corrected chi connectivity index (χ1v) is 9.50. The van der Waals surface area contributed by atoms with E-state index in [1.54, 1.807) is 12.1 Å². The number of carbonyl (C=O) groups excluding carboxylic acids is 1. The lowest BCUT2D eigenvalue weighted by molar-refractivity contribution is 0.0982. The van der Waals surface area contributed by atoms with Gasteiger partial charge < -0.3 is 10.2 Å². The van der Waals surface area contributed by atoms with E-state index in [0.29, 0.717) is 24.2 Å². The Morgan fingerprint density at radius 2 is 1.37 bits per heavy atom. The van der Waals surface area contributed by atoms with Crippen LogP contribution in [0.5, 0.6) is 11.5 Å². The van der Waals surface area contributed by atoms with Crippen LogP contribution in [0.3, 0.4) is 0 Å². The van der Waals surface area contributed by atoms with Crippen molar-refractivity contribution >= 4 is 5.78 Å². The molecule has 0 saturated carbocycles. The van der Waals surface area contributed by atoms with Gasteiger partial charge in [-0.15, -0.1) is 0 Å². The first-order valence-electron chi connectivity index (χ1n) is 9.50. The van der Waals surface area contributed by atoms with Gasteiger partial charge in [0, 0.05) is 12.0 Å². The van der Waals surface area contributed by atoms with E-state index in [1.165, 1.54) is 6.07 Å². The van der Waals surface area contributed by atoms with Gasteiger partial charge in [0.25, 0.3) is 0 Å². The smallest absolute Gasteiger partial charge is 0.163 e. The normalized spacial score (nSPS) is 12.3. The monoisotopic (exact) mass is 368 g/mol. The molecule has 0 saturated heterocycles. The molecule has 146 valence electrons. The van der Waals surface area contributed by atoms with Gasteiger partial charge in [-0.1, -0.05) is 53.7 Å². The third-order valence-electron chi connectivity index (χ3n) is 4.81. The minimum atomic E-state index is -0.188. The van der Waals surface area contributed by atoms with E-state index in [1.807, 2.05) is 19.1 Å². The molecule has 0 radical (unpaired) electrons. The Labute approximate surface area is 163 Å². The number of phenols is 2. The van der Waals surface area contributed by atoms with E-state index in [2.05, 4.69) is 41.5 Å². The van der Waals surface area contributed by atoms with E-state index < -0.39 is 0 Å². The topological polar surface area (TPSA) is 57.5 Å². The molecule has 27 heavy (non-hydrogen) atoms. The molecule has 2 aromatic carbocycles. The SMILES string of the molecule is Cc1cc(O)cc(C(=O)CCc2cc(C(C)(C)C)c(O)c(C(C)(C)C)c2)c1. The van der Waals surface area contributed by atoms with Crippen LogP contribution in [0, 0.1) is 6.92 Å². The molecule has 0 unspecified atom stereocenters. The molecule has 0 atom stereocenters.